The molecule has 3 unspecified atom stereocenters. The van der Waals surface area contributed by atoms with Crippen molar-refractivity contribution < 1.29 is 4.74 Å². The fraction of sp³-hybridized carbons (Fsp3) is 1.00. The van der Waals surface area contributed by atoms with Gasteiger partial charge in [0.1, 0.15) is 0 Å². The van der Waals surface area contributed by atoms with Gasteiger partial charge in [0, 0.05) is 24.7 Å². The Morgan fingerprint density at radius 3 is 2.84 bits per heavy atom. The number of morpholine rings is 1. The number of nitrogens with zero attached hydrogens (tertiary/aromatic N) is 1. The van der Waals surface area contributed by atoms with E-state index in [1.165, 1.54) is 25.7 Å². The fourth-order valence-electron chi connectivity index (χ4n) is 3.91. The molecule has 0 radical (unpaired) electrons. The summed E-state index contributed by atoms with van der Waals surface area (Å²) in [7, 11) is 0. The summed E-state index contributed by atoms with van der Waals surface area (Å²) >= 11 is 0. The molecule has 3 heteroatoms. The normalized spacial score (nSPS) is 36.3. The number of hydrogen-bond acceptors (Lipinski definition) is 3. The van der Waals surface area contributed by atoms with Crippen LogP contribution >= 0.6 is 0 Å². The first-order valence-corrected chi connectivity index (χ1v) is 8.13. The molecule has 1 aliphatic carbocycles. The van der Waals surface area contributed by atoms with Gasteiger partial charge in [0.05, 0.1) is 13.2 Å². The predicted molar refractivity (Wildman–Crippen MR) is 80.5 cm³/mol. The lowest BCUT2D eigenvalue weighted by Crippen LogP contribution is -2.62. The summed E-state index contributed by atoms with van der Waals surface area (Å²) in [6, 6.07) is 1.88. The molecular formula is C16H32N2O. The minimum absolute atomic E-state index is 0.413. The minimum atomic E-state index is 0.413. The van der Waals surface area contributed by atoms with E-state index < -0.39 is 0 Å². The Balaban J connectivity index is 2.10. The summed E-state index contributed by atoms with van der Waals surface area (Å²) in [5.74, 6) is 0. The van der Waals surface area contributed by atoms with Gasteiger partial charge in [-0.25, -0.2) is 0 Å². The van der Waals surface area contributed by atoms with Gasteiger partial charge in [-0.05, 0) is 38.1 Å². The average Bonchev–Trinajstić information content (AvgIpc) is 2.37. The van der Waals surface area contributed by atoms with Crippen LogP contribution in [0.4, 0.5) is 0 Å². The standard InChI is InChI=1S/C16H32N2O/c1-5-9-17-15-14(7-6-8-16(15,3)4)18-10-11-19-12-13(18)2/h13-15,17H,5-12H2,1-4H3. The molecule has 2 rings (SSSR count). The van der Waals surface area contributed by atoms with Crippen LogP contribution in [0.1, 0.15) is 53.4 Å². The first-order chi connectivity index (χ1) is 9.06. The van der Waals surface area contributed by atoms with Crippen molar-refractivity contribution >= 4 is 0 Å². The second-order valence-corrected chi connectivity index (χ2v) is 7.04. The highest BCUT2D eigenvalue weighted by molar-refractivity contribution is 4.99. The van der Waals surface area contributed by atoms with E-state index in [-0.39, 0.29) is 0 Å². The Morgan fingerprint density at radius 1 is 1.37 bits per heavy atom. The lowest BCUT2D eigenvalue weighted by molar-refractivity contribution is -0.0536. The van der Waals surface area contributed by atoms with E-state index in [2.05, 4.69) is 37.9 Å². The highest BCUT2D eigenvalue weighted by Crippen LogP contribution is 2.38. The maximum absolute atomic E-state index is 5.61. The topological polar surface area (TPSA) is 24.5 Å². The summed E-state index contributed by atoms with van der Waals surface area (Å²) in [5, 5.41) is 3.85. The average molecular weight is 268 g/mol. The van der Waals surface area contributed by atoms with Crippen LogP contribution in [0.3, 0.4) is 0 Å². The summed E-state index contributed by atoms with van der Waals surface area (Å²) in [5.41, 5.74) is 0.413. The molecule has 0 spiro atoms. The molecule has 0 aromatic rings. The molecule has 1 N–H and O–H groups in total. The van der Waals surface area contributed by atoms with Crippen LogP contribution in [-0.4, -0.2) is 49.3 Å². The second-order valence-electron chi connectivity index (χ2n) is 7.04. The summed E-state index contributed by atoms with van der Waals surface area (Å²) in [6.45, 7) is 13.5. The molecule has 1 saturated carbocycles. The highest BCUT2D eigenvalue weighted by atomic mass is 16.5. The largest absolute Gasteiger partial charge is 0.379 e. The fourth-order valence-corrected chi connectivity index (χ4v) is 3.91. The predicted octanol–water partition coefficient (Wildman–Crippen LogP) is 2.65. The molecule has 0 aromatic carbocycles. The van der Waals surface area contributed by atoms with Crippen molar-refractivity contribution in [1.82, 2.24) is 10.2 Å². The van der Waals surface area contributed by atoms with E-state index >= 15 is 0 Å². The van der Waals surface area contributed by atoms with Crippen LogP contribution < -0.4 is 5.32 Å². The third kappa shape index (κ3) is 3.50. The molecule has 0 amide bonds. The van der Waals surface area contributed by atoms with Crippen molar-refractivity contribution in [1.29, 1.82) is 0 Å². The summed E-state index contributed by atoms with van der Waals surface area (Å²) in [6.07, 6.45) is 5.28. The van der Waals surface area contributed by atoms with Crippen molar-refractivity contribution in [2.24, 2.45) is 5.41 Å². The SMILES string of the molecule is CCCNC1C(N2CCOCC2C)CCCC1(C)C. The van der Waals surface area contributed by atoms with Gasteiger partial charge >= 0.3 is 0 Å². The first-order valence-electron chi connectivity index (χ1n) is 8.13. The molecule has 19 heavy (non-hydrogen) atoms. The van der Waals surface area contributed by atoms with Crippen LogP contribution in [0.2, 0.25) is 0 Å². The number of nitrogens with one attached hydrogen (secondary N) is 1. The van der Waals surface area contributed by atoms with Crippen LogP contribution in [0.5, 0.6) is 0 Å². The Morgan fingerprint density at radius 2 is 2.16 bits per heavy atom. The maximum atomic E-state index is 5.61. The van der Waals surface area contributed by atoms with Gasteiger partial charge in [0.25, 0.3) is 0 Å². The van der Waals surface area contributed by atoms with Crippen molar-refractivity contribution in [2.75, 3.05) is 26.3 Å². The molecule has 3 nitrogen and oxygen atoms in total. The van der Waals surface area contributed by atoms with Crippen molar-refractivity contribution in [2.45, 2.75) is 71.5 Å². The molecular weight excluding hydrogens is 236 g/mol. The van der Waals surface area contributed by atoms with Gasteiger partial charge in [0.15, 0.2) is 0 Å². The van der Waals surface area contributed by atoms with E-state index in [4.69, 9.17) is 4.74 Å². The smallest absolute Gasteiger partial charge is 0.0619 e. The molecule has 2 fully saturated rings. The Bertz CT molecular complexity index is 280. The monoisotopic (exact) mass is 268 g/mol. The zero-order valence-corrected chi connectivity index (χ0v) is 13.2. The van der Waals surface area contributed by atoms with E-state index in [0.717, 1.165) is 26.3 Å². The van der Waals surface area contributed by atoms with Crippen LogP contribution in [-0.2, 0) is 4.74 Å². The third-order valence-corrected chi connectivity index (χ3v) is 5.01. The van der Waals surface area contributed by atoms with Crippen LogP contribution in [0, 0.1) is 5.41 Å². The van der Waals surface area contributed by atoms with Crippen LogP contribution in [0.15, 0.2) is 0 Å². The van der Waals surface area contributed by atoms with Crippen LogP contribution in [0.25, 0.3) is 0 Å². The minimum Gasteiger partial charge on any atom is -0.379 e. The Labute approximate surface area is 119 Å². The lowest BCUT2D eigenvalue weighted by atomic mass is 9.70. The number of rotatable bonds is 4. The highest BCUT2D eigenvalue weighted by Gasteiger charge is 2.42. The Hall–Kier alpha value is -0.120. The third-order valence-electron chi connectivity index (χ3n) is 5.01. The molecule has 2 aliphatic rings. The summed E-state index contributed by atoms with van der Waals surface area (Å²) < 4.78 is 5.61. The van der Waals surface area contributed by atoms with Crippen molar-refractivity contribution in [3.8, 4) is 0 Å². The maximum Gasteiger partial charge on any atom is 0.0619 e. The van der Waals surface area contributed by atoms with E-state index in [1.54, 1.807) is 0 Å². The van der Waals surface area contributed by atoms with Gasteiger partial charge in [-0.1, -0.05) is 27.2 Å². The molecule has 1 aliphatic heterocycles. The number of ether oxygens (including phenoxy) is 1. The number of hydrogen-bond donors (Lipinski definition) is 1. The molecule has 1 saturated heterocycles. The molecule has 0 bridgehead atoms. The molecule has 0 aromatic heterocycles. The Kier molecular flexibility index (Phi) is 5.27. The summed E-state index contributed by atoms with van der Waals surface area (Å²) in [4.78, 5) is 2.71. The van der Waals surface area contributed by atoms with Crippen molar-refractivity contribution in [3.63, 3.8) is 0 Å². The molecule has 1 heterocycles. The van der Waals surface area contributed by atoms with Crippen molar-refractivity contribution in [3.05, 3.63) is 0 Å². The quantitative estimate of drug-likeness (QED) is 0.848. The van der Waals surface area contributed by atoms with Gasteiger partial charge in [0.2, 0.25) is 0 Å². The molecule has 112 valence electrons. The first kappa shape index (κ1) is 15.3. The van der Waals surface area contributed by atoms with E-state index in [0.29, 0.717) is 23.5 Å². The van der Waals surface area contributed by atoms with Gasteiger partial charge in [-0.15, -0.1) is 0 Å². The van der Waals surface area contributed by atoms with E-state index in [9.17, 15) is 0 Å². The zero-order valence-electron chi connectivity index (χ0n) is 13.2. The van der Waals surface area contributed by atoms with Gasteiger partial charge in [-0.2, -0.15) is 0 Å². The lowest BCUT2D eigenvalue weighted by Gasteiger charge is -2.51. The zero-order chi connectivity index (χ0) is 13.9. The van der Waals surface area contributed by atoms with Gasteiger partial charge < -0.3 is 10.1 Å². The van der Waals surface area contributed by atoms with E-state index in [1.807, 2.05) is 0 Å². The molecule has 3 atom stereocenters. The second kappa shape index (κ2) is 6.55. The van der Waals surface area contributed by atoms with Gasteiger partial charge in [-0.3, -0.25) is 4.90 Å².